The summed E-state index contributed by atoms with van der Waals surface area (Å²) in [6.45, 7) is 0. The molecule has 0 radical (unpaired) electrons. The zero-order valence-electron chi connectivity index (χ0n) is 31.4. The van der Waals surface area contributed by atoms with Crippen LogP contribution in [0.4, 0.5) is 0 Å². The molecule has 6 heteroatoms. The molecule has 12 aromatic rings. The standard InChI is InChI=1S/C53H30IN3S2/c54-39-25-22-32(23-26-39)36-24-27-46-44(29-36)48-42(13-7-15-47(48)58-46)53-56-51(55-52(57-53)38-21-16-31-8-1-2-9-35(31)28-38)34-19-17-33(18-20-34)43-30-37-10-3-4-11-40(37)49-41-12-5-6-14-45(41)59-50(43)49/h1-30H. The van der Waals surface area contributed by atoms with E-state index < -0.39 is 0 Å². The molecule has 3 aromatic heterocycles. The summed E-state index contributed by atoms with van der Waals surface area (Å²) in [7, 11) is 0. The van der Waals surface area contributed by atoms with Crippen molar-refractivity contribution >= 4 is 107 Å². The third-order valence-corrected chi connectivity index (χ3v) is 14.4. The van der Waals surface area contributed by atoms with Crippen molar-refractivity contribution in [3.8, 4) is 56.4 Å². The van der Waals surface area contributed by atoms with Gasteiger partial charge in [-0.25, -0.2) is 15.0 Å². The van der Waals surface area contributed by atoms with Gasteiger partial charge in [0.1, 0.15) is 0 Å². The minimum atomic E-state index is 0.645. The van der Waals surface area contributed by atoms with E-state index in [0.29, 0.717) is 17.5 Å². The molecule has 9 aromatic carbocycles. The summed E-state index contributed by atoms with van der Waals surface area (Å²) in [6.07, 6.45) is 0. The average Bonchev–Trinajstić information content (AvgIpc) is 3.88. The van der Waals surface area contributed by atoms with Gasteiger partial charge in [0.15, 0.2) is 17.5 Å². The summed E-state index contributed by atoms with van der Waals surface area (Å²) < 4.78 is 6.28. The normalized spacial score (nSPS) is 11.8. The maximum atomic E-state index is 5.29. The quantitative estimate of drug-likeness (QED) is 0.162. The number of hydrogen-bond donors (Lipinski definition) is 0. The number of hydrogen-bond acceptors (Lipinski definition) is 5. The van der Waals surface area contributed by atoms with Crippen LogP contribution in [0.15, 0.2) is 182 Å². The molecular formula is C53H30IN3S2. The van der Waals surface area contributed by atoms with Gasteiger partial charge >= 0.3 is 0 Å². The Kier molecular flexibility index (Phi) is 8.18. The lowest BCUT2D eigenvalue weighted by Gasteiger charge is -2.11. The minimum Gasteiger partial charge on any atom is -0.208 e. The fourth-order valence-corrected chi connectivity index (χ4v) is 11.2. The molecule has 0 amide bonds. The zero-order chi connectivity index (χ0) is 39.0. The lowest BCUT2D eigenvalue weighted by molar-refractivity contribution is 1.08. The first-order valence-electron chi connectivity index (χ1n) is 19.5. The largest absolute Gasteiger partial charge is 0.208 e. The van der Waals surface area contributed by atoms with Gasteiger partial charge in [-0.1, -0.05) is 133 Å². The van der Waals surface area contributed by atoms with Crippen molar-refractivity contribution in [2.75, 3.05) is 0 Å². The highest BCUT2D eigenvalue weighted by Crippen LogP contribution is 2.45. The van der Waals surface area contributed by atoms with Crippen molar-refractivity contribution in [3.05, 3.63) is 186 Å². The van der Waals surface area contributed by atoms with Crippen molar-refractivity contribution in [2.24, 2.45) is 0 Å². The number of benzene rings is 9. The molecule has 0 aliphatic carbocycles. The van der Waals surface area contributed by atoms with Crippen LogP contribution in [0.5, 0.6) is 0 Å². The first kappa shape index (κ1) is 34.7. The molecule has 0 saturated carbocycles. The number of thiophene rings is 2. The summed E-state index contributed by atoms with van der Waals surface area (Å²) in [6, 6.07) is 65.5. The SMILES string of the molecule is Ic1ccc(-c2ccc3sc4cccc(-c5nc(-c6ccc(-c7cc8ccccc8c8c7sc7ccccc78)cc6)nc(-c6ccc7ccccc7c6)n5)c4c3c2)cc1. The summed E-state index contributed by atoms with van der Waals surface area (Å²) in [5.41, 5.74) is 7.69. The fraction of sp³-hybridized carbons (Fsp3) is 0. The summed E-state index contributed by atoms with van der Waals surface area (Å²) in [5, 5.41) is 9.87. The van der Waals surface area contributed by atoms with Crippen LogP contribution in [0, 0.1) is 3.57 Å². The number of nitrogens with zero attached hydrogens (tertiary/aromatic N) is 3. The molecule has 0 aliphatic heterocycles. The second-order valence-corrected chi connectivity index (χ2v) is 18.3. The van der Waals surface area contributed by atoms with E-state index in [1.54, 1.807) is 0 Å². The van der Waals surface area contributed by atoms with Crippen LogP contribution in [-0.4, -0.2) is 15.0 Å². The Morgan fingerprint density at radius 2 is 0.966 bits per heavy atom. The predicted molar refractivity (Wildman–Crippen MR) is 261 cm³/mol. The molecule has 59 heavy (non-hydrogen) atoms. The van der Waals surface area contributed by atoms with Crippen molar-refractivity contribution in [2.45, 2.75) is 0 Å². The Morgan fingerprint density at radius 1 is 0.339 bits per heavy atom. The number of fused-ring (bicyclic) bond motifs is 9. The Hall–Kier alpha value is -6.32. The highest BCUT2D eigenvalue weighted by atomic mass is 127. The molecule has 0 saturated heterocycles. The molecule has 0 spiro atoms. The van der Waals surface area contributed by atoms with Crippen LogP contribution in [-0.2, 0) is 0 Å². The van der Waals surface area contributed by atoms with Crippen molar-refractivity contribution in [3.63, 3.8) is 0 Å². The number of halogens is 1. The molecular weight excluding hydrogens is 870 g/mol. The lowest BCUT2D eigenvalue weighted by Crippen LogP contribution is -2.00. The number of rotatable bonds is 5. The van der Waals surface area contributed by atoms with Gasteiger partial charge in [-0.3, -0.25) is 0 Å². The molecule has 0 unspecified atom stereocenters. The summed E-state index contributed by atoms with van der Waals surface area (Å²) in [4.78, 5) is 15.8. The van der Waals surface area contributed by atoms with Crippen LogP contribution in [0.25, 0.3) is 118 Å². The van der Waals surface area contributed by atoms with Gasteiger partial charge < -0.3 is 0 Å². The average molecular weight is 900 g/mol. The predicted octanol–water partition coefficient (Wildman–Crippen LogP) is 15.9. The van der Waals surface area contributed by atoms with Crippen molar-refractivity contribution < 1.29 is 0 Å². The van der Waals surface area contributed by atoms with Crippen molar-refractivity contribution in [1.29, 1.82) is 0 Å². The van der Waals surface area contributed by atoms with E-state index >= 15 is 0 Å². The maximum absolute atomic E-state index is 5.29. The monoisotopic (exact) mass is 899 g/mol. The van der Waals surface area contributed by atoms with Gasteiger partial charge in [0.25, 0.3) is 0 Å². The molecule has 0 N–H and O–H groups in total. The van der Waals surface area contributed by atoms with E-state index in [9.17, 15) is 0 Å². The molecule has 276 valence electrons. The Morgan fingerprint density at radius 3 is 1.81 bits per heavy atom. The van der Waals surface area contributed by atoms with Gasteiger partial charge in [0, 0.05) is 66.2 Å². The van der Waals surface area contributed by atoms with Crippen LogP contribution >= 0.6 is 45.3 Å². The van der Waals surface area contributed by atoms with Gasteiger partial charge in [-0.05, 0) is 109 Å². The Bertz CT molecular complexity index is 3620. The highest BCUT2D eigenvalue weighted by Gasteiger charge is 2.19. The molecule has 0 aliphatic rings. The molecule has 12 rings (SSSR count). The van der Waals surface area contributed by atoms with Crippen molar-refractivity contribution in [1.82, 2.24) is 15.0 Å². The Balaban J connectivity index is 1.04. The van der Waals surface area contributed by atoms with Gasteiger partial charge in [-0.15, -0.1) is 22.7 Å². The first-order chi connectivity index (χ1) is 29.1. The van der Waals surface area contributed by atoms with E-state index in [1.807, 2.05) is 22.7 Å². The zero-order valence-corrected chi connectivity index (χ0v) is 35.1. The minimum absolute atomic E-state index is 0.645. The number of aromatic nitrogens is 3. The smallest absolute Gasteiger partial charge is 0.164 e. The van der Waals surface area contributed by atoms with Crippen LogP contribution in [0.2, 0.25) is 0 Å². The topological polar surface area (TPSA) is 38.7 Å². The molecule has 0 fully saturated rings. The van der Waals surface area contributed by atoms with Crippen LogP contribution < -0.4 is 0 Å². The molecule has 0 bridgehead atoms. The molecule has 3 nitrogen and oxygen atoms in total. The first-order valence-corrected chi connectivity index (χ1v) is 22.2. The fourth-order valence-electron chi connectivity index (χ4n) is 8.51. The maximum Gasteiger partial charge on any atom is 0.164 e. The van der Waals surface area contributed by atoms with E-state index in [1.165, 1.54) is 82.3 Å². The molecule has 3 heterocycles. The summed E-state index contributed by atoms with van der Waals surface area (Å²) in [5.74, 6) is 1.96. The third-order valence-electron chi connectivity index (χ3n) is 11.4. The lowest BCUT2D eigenvalue weighted by atomic mass is 9.96. The van der Waals surface area contributed by atoms with Gasteiger partial charge in [0.05, 0.1) is 0 Å². The second-order valence-electron chi connectivity index (χ2n) is 14.9. The van der Waals surface area contributed by atoms with Gasteiger partial charge in [-0.2, -0.15) is 0 Å². The summed E-state index contributed by atoms with van der Waals surface area (Å²) >= 11 is 6.04. The van der Waals surface area contributed by atoms with E-state index in [0.717, 1.165) is 22.1 Å². The van der Waals surface area contributed by atoms with Crippen LogP contribution in [0.3, 0.4) is 0 Å². The Labute approximate surface area is 361 Å². The van der Waals surface area contributed by atoms with E-state index in [-0.39, 0.29) is 0 Å². The second kappa shape index (κ2) is 13.9. The van der Waals surface area contributed by atoms with E-state index in [4.69, 9.17) is 15.0 Å². The highest BCUT2D eigenvalue weighted by molar-refractivity contribution is 14.1. The third kappa shape index (κ3) is 5.93. The van der Waals surface area contributed by atoms with E-state index in [2.05, 4.69) is 205 Å². The van der Waals surface area contributed by atoms with Crippen LogP contribution in [0.1, 0.15) is 0 Å². The van der Waals surface area contributed by atoms with Gasteiger partial charge in [0.2, 0.25) is 0 Å². The molecule has 0 atom stereocenters.